The highest BCUT2D eigenvalue weighted by molar-refractivity contribution is 6.30. The summed E-state index contributed by atoms with van der Waals surface area (Å²) in [7, 11) is 1.63. The number of nitrogens with one attached hydrogen (secondary N) is 2. The molecule has 0 saturated heterocycles. The smallest absolute Gasteiger partial charge is 0.270 e. The van der Waals surface area contributed by atoms with Crippen molar-refractivity contribution < 1.29 is 9.53 Å². The Balaban J connectivity index is 1.60. The maximum absolute atomic E-state index is 12.4. The molecular formula is C21H21ClN4O2. The molecule has 144 valence electrons. The van der Waals surface area contributed by atoms with Gasteiger partial charge >= 0.3 is 0 Å². The van der Waals surface area contributed by atoms with E-state index in [1.54, 1.807) is 25.4 Å². The van der Waals surface area contributed by atoms with E-state index in [2.05, 4.69) is 20.6 Å². The third-order valence-corrected chi connectivity index (χ3v) is 4.39. The summed E-state index contributed by atoms with van der Waals surface area (Å²) in [5, 5.41) is 6.65. The van der Waals surface area contributed by atoms with Crippen LogP contribution >= 0.6 is 11.6 Å². The molecule has 0 spiro atoms. The van der Waals surface area contributed by atoms with Gasteiger partial charge in [0, 0.05) is 23.5 Å². The molecule has 2 aromatic carbocycles. The van der Waals surface area contributed by atoms with Crippen molar-refractivity contribution in [3.05, 3.63) is 76.6 Å². The molecule has 0 saturated carbocycles. The van der Waals surface area contributed by atoms with Gasteiger partial charge in [0.25, 0.3) is 5.91 Å². The van der Waals surface area contributed by atoms with Crippen LogP contribution in [0.25, 0.3) is 0 Å². The van der Waals surface area contributed by atoms with Crippen LogP contribution in [0.15, 0.2) is 54.7 Å². The summed E-state index contributed by atoms with van der Waals surface area (Å²) < 4.78 is 5.21. The van der Waals surface area contributed by atoms with Crippen molar-refractivity contribution >= 4 is 29.1 Å². The Kier molecular flexibility index (Phi) is 6.45. The van der Waals surface area contributed by atoms with Gasteiger partial charge in [-0.25, -0.2) is 9.97 Å². The van der Waals surface area contributed by atoms with E-state index in [1.807, 2.05) is 43.3 Å². The van der Waals surface area contributed by atoms with E-state index in [1.165, 1.54) is 0 Å². The summed E-state index contributed by atoms with van der Waals surface area (Å²) in [4.78, 5) is 20.9. The number of anilines is 2. The van der Waals surface area contributed by atoms with Gasteiger partial charge in [-0.05, 0) is 60.9 Å². The van der Waals surface area contributed by atoms with E-state index in [9.17, 15) is 4.79 Å². The molecule has 1 amide bonds. The lowest BCUT2D eigenvalue weighted by atomic mass is 10.1. The standard InChI is InChI=1S/C21H21ClN4O2/c1-14-12-16(22)6-7-18(14)25-21-24-11-9-19(26-21)20(27)23-10-8-15-4-3-5-17(13-15)28-2/h3-7,9,11-13H,8,10H2,1-2H3,(H,23,27)(H,24,25,26). The Morgan fingerprint density at radius 1 is 1.18 bits per heavy atom. The van der Waals surface area contributed by atoms with E-state index >= 15 is 0 Å². The number of carbonyl (C=O) groups excluding carboxylic acids is 1. The fraction of sp³-hybridized carbons (Fsp3) is 0.190. The van der Waals surface area contributed by atoms with Gasteiger partial charge in [0.15, 0.2) is 0 Å². The number of methoxy groups -OCH3 is 1. The molecule has 2 N–H and O–H groups in total. The van der Waals surface area contributed by atoms with Gasteiger partial charge in [-0.15, -0.1) is 0 Å². The molecule has 28 heavy (non-hydrogen) atoms. The van der Waals surface area contributed by atoms with Crippen molar-refractivity contribution in [2.45, 2.75) is 13.3 Å². The van der Waals surface area contributed by atoms with Crippen molar-refractivity contribution in [1.82, 2.24) is 15.3 Å². The summed E-state index contributed by atoms with van der Waals surface area (Å²) >= 11 is 5.98. The Morgan fingerprint density at radius 3 is 2.82 bits per heavy atom. The highest BCUT2D eigenvalue weighted by atomic mass is 35.5. The fourth-order valence-electron chi connectivity index (χ4n) is 2.67. The summed E-state index contributed by atoms with van der Waals surface area (Å²) in [5.74, 6) is 0.903. The lowest BCUT2D eigenvalue weighted by molar-refractivity contribution is 0.0949. The molecule has 1 aromatic heterocycles. The van der Waals surface area contributed by atoms with Gasteiger partial charge in [0.05, 0.1) is 7.11 Å². The number of carbonyl (C=O) groups is 1. The molecule has 1 heterocycles. The summed E-state index contributed by atoms with van der Waals surface area (Å²) in [6.07, 6.45) is 2.25. The molecule has 3 aromatic rings. The second-order valence-electron chi connectivity index (χ2n) is 6.21. The quantitative estimate of drug-likeness (QED) is 0.627. The lowest BCUT2D eigenvalue weighted by Gasteiger charge is -2.10. The Morgan fingerprint density at radius 2 is 2.04 bits per heavy atom. The van der Waals surface area contributed by atoms with Crippen LogP contribution in [0.1, 0.15) is 21.6 Å². The zero-order valence-electron chi connectivity index (χ0n) is 15.7. The van der Waals surface area contributed by atoms with Crippen LogP contribution in [0.4, 0.5) is 11.6 Å². The van der Waals surface area contributed by atoms with Crippen LogP contribution in [0.2, 0.25) is 5.02 Å². The normalized spacial score (nSPS) is 10.4. The molecule has 0 aliphatic carbocycles. The zero-order chi connectivity index (χ0) is 19.9. The second-order valence-corrected chi connectivity index (χ2v) is 6.64. The minimum atomic E-state index is -0.249. The van der Waals surface area contributed by atoms with Gasteiger partial charge in [-0.2, -0.15) is 0 Å². The van der Waals surface area contributed by atoms with E-state index in [4.69, 9.17) is 16.3 Å². The third-order valence-electron chi connectivity index (χ3n) is 4.16. The summed E-state index contributed by atoms with van der Waals surface area (Å²) in [5.41, 5.74) is 3.18. The van der Waals surface area contributed by atoms with Crippen molar-refractivity contribution in [1.29, 1.82) is 0 Å². The van der Waals surface area contributed by atoms with Crippen molar-refractivity contribution in [3.8, 4) is 5.75 Å². The first-order valence-electron chi connectivity index (χ1n) is 8.82. The van der Waals surface area contributed by atoms with Crippen LogP contribution in [0, 0.1) is 6.92 Å². The average molecular weight is 397 g/mol. The molecule has 0 aliphatic rings. The van der Waals surface area contributed by atoms with Crippen molar-refractivity contribution in [2.75, 3.05) is 19.0 Å². The Labute approximate surface area is 168 Å². The third kappa shape index (κ3) is 5.20. The van der Waals surface area contributed by atoms with E-state index in [0.29, 0.717) is 29.6 Å². The van der Waals surface area contributed by atoms with Gasteiger partial charge in [0.2, 0.25) is 5.95 Å². The van der Waals surface area contributed by atoms with Crippen molar-refractivity contribution in [2.24, 2.45) is 0 Å². The second kappa shape index (κ2) is 9.19. The predicted octanol–water partition coefficient (Wildman–Crippen LogP) is 4.16. The number of hydrogen-bond donors (Lipinski definition) is 2. The maximum atomic E-state index is 12.4. The fourth-order valence-corrected chi connectivity index (χ4v) is 2.90. The van der Waals surface area contributed by atoms with Crippen LogP contribution in [0.3, 0.4) is 0 Å². The number of halogens is 1. The van der Waals surface area contributed by atoms with Crippen molar-refractivity contribution in [3.63, 3.8) is 0 Å². The molecule has 6 nitrogen and oxygen atoms in total. The number of hydrogen-bond acceptors (Lipinski definition) is 5. The largest absolute Gasteiger partial charge is 0.497 e. The number of aryl methyl sites for hydroxylation is 1. The summed E-state index contributed by atoms with van der Waals surface area (Å²) in [6, 6.07) is 14.8. The number of aromatic nitrogens is 2. The predicted molar refractivity (Wildman–Crippen MR) is 111 cm³/mol. The molecule has 7 heteroatoms. The molecule has 0 unspecified atom stereocenters. The molecular weight excluding hydrogens is 376 g/mol. The number of amides is 1. The molecule has 0 radical (unpaired) electrons. The lowest BCUT2D eigenvalue weighted by Crippen LogP contribution is -2.26. The maximum Gasteiger partial charge on any atom is 0.270 e. The number of rotatable bonds is 7. The molecule has 0 atom stereocenters. The molecule has 0 bridgehead atoms. The topological polar surface area (TPSA) is 76.1 Å². The zero-order valence-corrected chi connectivity index (χ0v) is 16.5. The minimum absolute atomic E-state index is 0.249. The molecule has 0 aliphatic heterocycles. The Hall–Kier alpha value is -3.12. The molecule has 0 fully saturated rings. The monoisotopic (exact) mass is 396 g/mol. The van der Waals surface area contributed by atoms with Crippen LogP contribution in [-0.4, -0.2) is 29.5 Å². The van der Waals surface area contributed by atoms with Crippen LogP contribution < -0.4 is 15.4 Å². The Bertz CT molecular complexity index is 978. The first kappa shape index (κ1) is 19.6. The number of nitrogens with zero attached hydrogens (tertiary/aromatic N) is 2. The van der Waals surface area contributed by atoms with Gasteiger partial charge < -0.3 is 15.4 Å². The number of ether oxygens (including phenoxy) is 1. The SMILES string of the molecule is COc1cccc(CCNC(=O)c2ccnc(Nc3ccc(Cl)cc3C)n2)c1. The number of benzene rings is 2. The van der Waals surface area contributed by atoms with Gasteiger partial charge in [-0.3, -0.25) is 4.79 Å². The van der Waals surface area contributed by atoms with E-state index in [0.717, 1.165) is 22.6 Å². The average Bonchev–Trinajstić information content (AvgIpc) is 2.70. The highest BCUT2D eigenvalue weighted by Crippen LogP contribution is 2.22. The van der Waals surface area contributed by atoms with E-state index in [-0.39, 0.29) is 5.91 Å². The first-order chi connectivity index (χ1) is 13.5. The van der Waals surface area contributed by atoms with Gasteiger partial charge in [-0.1, -0.05) is 23.7 Å². The molecule has 3 rings (SSSR count). The minimum Gasteiger partial charge on any atom is -0.497 e. The first-order valence-corrected chi connectivity index (χ1v) is 9.20. The van der Waals surface area contributed by atoms with Crippen LogP contribution in [0.5, 0.6) is 5.75 Å². The van der Waals surface area contributed by atoms with E-state index < -0.39 is 0 Å². The van der Waals surface area contributed by atoms with Gasteiger partial charge in [0.1, 0.15) is 11.4 Å². The summed E-state index contributed by atoms with van der Waals surface area (Å²) in [6.45, 7) is 2.43. The van der Waals surface area contributed by atoms with Crippen LogP contribution in [-0.2, 0) is 6.42 Å². The highest BCUT2D eigenvalue weighted by Gasteiger charge is 2.09.